The molecule has 2 aromatic carbocycles. The van der Waals surface area contributed by atoms with Crippen molar-refractivity contribution < 1.29 is 23.4 Å². The summed E-state index contributed by atoms with van der Waals surface area (Å²) in [4.78, 5) is 0. The van der Waals surface area contributed by atoms with Crippen LogP contribution in [0.25, 0.3) is 0 Å². The molecular formula is C16H16F2O3. The summed E-state index contributed by atoms with van der Waals surface area (Å²) in [5.74, 6) is 0.0892. The highest BCUT2D eigenvalue weighted by Crippen LogP contribution is 2.33. The van der Waals surface area contributed by atoms with Gasteiger partial charge in [0, 0.05) is 0 Å². The van der Waals surface area contributed by atoms with Gasteiger partial charge in [0.05, 0.1) is 7.11 Å². The number of hydrogen-bond acceptors (Lipinski definition) is 3. The van der Waals surface area contributed by atoms with Gasteiger partial charge in [-0.15, -0.1) is 0 Å². The van der Waals surface area contributed by atoms with Crippen molar-refractivity contribution in [3.8, 4) is 11.5 Å². The molecule has 5 heteroatoms. The van der Waals surface area contributed by atoms with Crippen LogP contribution < -0.4 is 9.47 Å². The number of aliphatic hydroxyl groups excluding tert-OH is 1. The molecule has 0 aliphatic carbocycles. The highest BCUT2D eigenvalue weighted by Gasteiger charge is 2.16. The SMILES string of the molecule is COc1ccc(C(O)c2ccc(C)cc2)cc1OC(F)F. The molecule has 2 aromatic rings. The van der Waals surface area contributed by atoms with E-state index >= 15 is 0 Å². The van der Waals surface area contributed by atoms with Crippen LogP contribution in [-0.2, 0) is 0 Å². The molecule has 0 fully saturated rings. The van der Waals surface area contributed by atoms with Crippen molar-refractivity contribution >= 4 is 0 Å². The third-order valence-electron chi connectivity index (χ3n) is 3.11. The fourth-order valence-electron chi connectivity index (χ4n) is 1.99. The van der Waals surface area contributed by atoms with E-state index in [-0.39, 0.29) is 11.5 Å². The van der Waals surface area contributed by atoms with Crippen molar-refractivity contribution in [1.82, 2.24) is 0 Å². The normalized spacial score (nSPS) is 12.3. The van der Waals surface area contributed by atoms with Crippen LogP contribution in [0.5, 0.6) is 11.5 Å². The molecule has 0 bridgehead atoms. The van der Waals surface area contributed by atoms with Crippen LogP contribution in [0.4, 0.5) is 8.78 Å². The first-order chi connectivity index (χ1) is 10.0. The zero-order valence-electron chi connectivity index (χ0n) is 11.7. The predicted octanol–water partition coefficient (Wildman–Crippen LogP) is 3.69. The summed E-state index contributed by atoms with van der Waals surface area (Å²) in [7, 11) is 1.36. The molecule has 0 saturated carbocycles. The molecule has 1 unspecified atom stereocenters. The first kappa shape index (κ1) is 15.3. The quantitative estimate of drug-likeness (QED) is 0.914. The molecule has 112 valence electrons. The van der Waals surface area contributed by atoms with Crippen molar-refractivity contribution in [3.05, 3.63) is 59.2 Å². The summed E-state index contributed by atoms with van der Waals surface area (Å²) >= 11 is 0. The Bertz CT molecular complexity index is 597. The lowest BCUT2D eigenvalue weighted by Crippen LogP contribution is -2.06. The van der Waals surface area contributed by atoms with Gasteiger partial charge in [-0.25, -0.2) is 0 Å². The second-order valence-corrected chi connectivity index (χ2v) is 4.60. The minimum absolute atomic E-state index is 0.101. The van der Waals surface area contributed by atoms with Gasteiger partial charge in [0.15, 0.2) is 11.5 Å². The fraction of sp³-hybridized carbons (Fsp3) is 0.250. The number of halogens is 2. The van der Waals surface area contributed by atoms with Crippen LogP contribution in [-0.4, -0.2) is 18.8 Å². The molecule has 0 aromatic heterocycles. The molecule has 0 heterocycles. The molecule has 0 radical (unpaired) electrons. The summed E-state index contributed by atoms with van der Waals surface area (Å²) in [6, 6.07) is 11.8. The number of hydrogen-bond donors (Lipinski definition) is 1. The van der Waals surface area contributed by atoms with E-state index in [1.807, 2.05) is 19.1 Å². The van der Waals surface area contributed by atoms with Crippen molar-refractivity contribution in [3.63, 3.8) is 0 Å². The van der Waals surface area contributed by atoms with Gasteiger partial charge in [0.1, 0.15) is 6.10 Å². The van der Waals surface area contributed by atoms with Crippen LogP contribution in [0.15, 0.2) is 42.5 Å². The Kier molecular flexibility index (Phi) is 4.75. The lowest BCUT2D eigenvalue weighted by atomic mass is 10.0. The smallest absolute Gasteiger partial charge is 0.387 e. The van der Waals surface area contributed by atoms with Gasteiger partial charge >= 0.3 is 6.61 Å². The summed E-state index contributed by atoms with van der Waals surface area (Å²) in [5, 5.41) is 10.3. The van der Waals surface area contributed by atoms with E-state index in [0.717, 1.165) is 5.56 Å². The zero-order valence-corrected chi connectivity index (χ0v) is 11.7. The lowest BCUT2D eigenvalue weighted by molar-refractivity contribution is -0.0513. The van der Waals surface area contributed by atoms with E-state index < -0.39 is 12.7 Å². The van der Waals surface area contributed by atoms with Crippen molar-refractivity contribution in [2.45, 2.75) is 19.6 Å². The molecule has 0 amide bonds. The van der Waals surface area contributed by atoms with Gasteiger partial charge in [-0.1, -0.05) is 35.9 Å². The van der Waals surface area contributed by atoms with E-state index in [4.69, 9.17) is 4.74 Å². The van der Waals surface area contributed by atoms with E-state index in [1.165, 1.54) is 19.2 Å². The molecule has 0 aliphatic rings. The third-order valence-corrected chi connectivity index (χ3v) is 3.11. The Morgan fingerprint density at radius 3 is 2.14 bits per heavy atom. The van der Waals surface area contributed by atoms with Crippen LogP contribution in [0.3, 0.4) is 0 Å². The first-order valence-corrected chi connectivity index (χ1v) is 6.38. The number of ether oxygens (including phenoxy) is 2. The number of aryl methyl sites for hydroxylation is 1. The summed E-state index contributed by atoms with van der Waals surface area (Å²) in [6.45, 7) is -1.01. The van der Waals surface area contributed by atoms with Crippen molar-refractivity contribution in [2.75, 3.05) is 7.11 Å². The van der Waals surface area contributed by atoms with E-state index in [2.05, 4.69) is 4.74 Å². The lowest BCUT2D eigenvalue weighted by Gasteiger charge is -2.15. The minimum Gasteiger partial charge on any atom is -0.493 e. The maximum atomic E-state index is 12.4. The zero-order chi connectivity index (χ0) is 15.4. The molecule has 21 heavy (non-hydrogen) atoms. The monoisotopic (exact) mass is 294 g/mol. The van der Waals surface area contributed by atoms with Gasteiger partial charge in [0.2, 0.25) is 0 Å². The highest BCUT2D eigenvalue weighted by atomic mass is 19.3. The van der Waals surface area contributed by atoms with Crippen LogP contribution in [0, 0.1) is 6.92 Å². The van der Waals surface area contributed by atoms with E-state index in [1.54, 1.807) is 18.2 Å². The number of aliphatic hydroxyl groups is 1. The van der Waals surface area contributed by atoms with Crippen LogP contribution >= 0.6 is 0 Å². The number of benzene rings is 2. The van der Waals surface area contributed by atoms with Gasteiger partial charge < -0.3 is 14.6 Å². The average molecular weight is 294 g/mol. The average Bonchev–Trinajstić information content (AvgIpc) is 2.46. The second-order valence-electron chi connectivity index (χ2n) is 4.60. The molecule has 1 atom stereocenters. The Balaban J connectivity index is 2.32. The number of alkyl halides is 2. The standard InChI is InChI=1S/C16H16F2O3/c1-10-3-5-11(6-4-10)15(19)12-7-8-13(20-2)14(9-12)21-16(17)18/h3-9,15-16,19H,1-2H3. The van der Waals surface area contributed by atoms with Gasteiger partial charge in [-0.2, -0.15) is 8.78 Å². The number of rotatable bonds is 5. The topological polar surface area (TPSA) is 38.7 Å². The molecule has 3 nitrogen and oxygen atoms in total. The third kappa shape index (κ3) is 3.70. The highest BCUT2D eigenvalue weighted by molar-refractivity contribution is 5.45. The Morgan fingerprint density at radius 2 is 1.57 bits per heavy atom. The maximum Gasteiger partial charge on any atom is 0.387 e. The fourth-order valence-corrected chi connectivity index (χ4v) is 1.99. The van der Waals surface area contributed by atoms with Crippen LogP contribution in [0.1, 0.15) is 22.8 Å². The maximum absolute atomic E-state index is 12.4. The minimum atomic E-state index is -2.95. The van der Waals surface area contributed by atoms with Crippen molar-refractivity contribution in [2.24, 2.45) is 0 Å². The predicted molar refractivity (Wildman–Crippen MR) is 74.9 cm³/mol. The molecule has 0 spiro atoms. The Hall–Kier alpha value is -2.14. The second kappa shape index (κ2) is 6.54. The Morgan fingerprint density at radius 1 is 0.952 bits per heavy atom. The molecule has 1 N–H and O–H groups in total. The molecule has 0 saturated heterocycles. The van der Waals surface area contributed by atoms with Gasteiger partial charge in [-0.3, -0.25) is 0 Å². The molecule has 0 aliphatic heterocycles. The van der Waals surface area contributed by atoms with Crippen molar-refractivity contribution in [1.29, 1.82) is 0 Å². The van der Waals surface area contributed by atoms with Crippen LogP contribution in [0.2, 0.25) is 0 Å². The summed E-state index contributed by atoms with van der Waals surface area (Å²) < 4.78 is 34.2. The van der Waals surface area contributed by atoms with E-state index in [9.17, 15) is 13.9 Å². The van der Waals surface area contributed by atoms with Gasteiger partial charge in [-0.05, 0) is 30.2 Å². The summed E-state index contributed by atoms with van der Waals surface area (Å²) in [5.41, 5.74) is 2.20. The first-order valence-electron chi connectivity index (χ1n) is 6.38. The van der Waals surface area contributed by atoms with Gasteiger partial charge in [0.25, 0.3) is 0 Å². The molecular weight excluding hydrogens is 278 g/mol. The summed E-state index contributed by atoms with van der Waals surface area (Å²) in [6.07, 6.45) is -0.920. The van der Waals surface area contributed by atoms with E-state index in [0.29, 0.717) is 11.1 Å². The Labute approximate surface area is 121 Å². The molecule has 2 rings (SSSR count). The number of methoxy groups -OCH3 is 1. The largest absolute Gasteiger partial charge is 0.493 e.